The highest BCUT2D eigenvalue weighted by Crippen LogP contribution is 2.28. The molecule has 0 fully saturated rings. The van der Waals surface area contributed by atoms with Crippen LogP contribution in [0, 0.1) is 0 Å². The highest BCUT2D eigenvalue weighted by Gasteiger charge is 2.34. The van der Waals surface area contributed by atoms with Gasteiger partial charge in [0.15, 0.2) is 0 Å². The van der Waals surface area contributed by atoms with E-state index in [1.165, 1.54) is 57.8 Å². The molecular formula is C19H41NO. The van der Waals surface area contributed by atoms with Gasteiger partial charge in [-0.05, 0) is 33.2 Å². The van der Waals surface area contributed by atoms with Crippen LogP contribution in [0.1, 0.15) is 98.3 Å². The van der Waals surface area contributed by atoms with Crippen molar-refractivity contribution in [2.24, 2.45) is 0 Å². The first kappa shape index (κ1) is 20.9. The lowest BCUT2D eigenvalue weighted by molar-refractivity contribution is -0.0726. The molecule has 2 nitrogen and oxygen atoms in total. The summed E-state index contributed by atoms with van der Waals surface area (Å²) in [4.78, 5) is 0. The molecule has 0 aromatic carbocycles. The van der Waals surface area contributed by atoms with Crippen molar-refractivity contribution in [3.05, 3.63) is 0 Å². The van der Waals surface area contributed by atoms with Gasteiger partial charge < -0.3 is 10.1 Å². The summed E-state index contributed by atoms with van der Waals surface area (Å²) < 4.78 is 6.14. The van der Waals surface area contributed by atoms with Crippen molar-refractivity contribution in [3.8, 4) is 0 Å². The second kappa shape index (κ2) is 13.6. The average molecular weight is 300 g/mol. The fourth-order valence-electron chi connectivity index (χ4n) is 3.49. The second-order valence-electron chi connectivity index (χ2n) is 6.31. The van der Waals surface area contributed by atoms with Gasteiger partial charge in [0.1, 0.15) is 0 Å². The van der Waals surface area contributed by atoms with Crippen LogP contribution >= 0.6 is 0 Å². The van der Waals surface area contributed by atoms with Crippen molar-refractivity contribution in [2.45, 2.75) is 110 Å². The van der Waals surface area contributed by atoms with Gasteiger partial charge in [-0.25, -0.2) is 0 Å². The minimum absolute atomic E-state index is 0.0324. The highest BCUT2D eigenvalue weighted by atomic mass is 16.5. The molecule has 0 aromatic heterocycles. The fraction of sp³-hybridized carbons (Fsp3) is 1.00. The zero-order valence-electron chi connectivity index (χ0n) is 15.5. The molecule has 0 radical (unpaired) electrons. The fourth-order valence-corrected chi connectivity index (χ4v) is 3.49. The number of unbranched alkanes of at least 4 members (excludes halogenated alkanes) is 7. The van der Waals surface area contributed by atoms with E-state index in [0.717, 1.165) is 19.4 Å². The van der Waals surface area contributed by atoms with Crippen LogP contribution in [0.4, 0.5) is 0 Å². The maximum Gasteiger partial charge on any atom is 0.0829 e. The predicted octanol–water partition coefficient (Wildman–Crippen LogP) is 5.70. The van der Waals surface area contributed by atoms with Crippen LogP contribution in [-0.2, 0) is 4.74 Å². The largest absolute Gasteiger partial charge is 0.374 e. The Morgan fingerprint density at radius 1 is 0.810 bits per heavy atom. The number of ether oxygens (including phenoxy) is 1. The van der Waals surface area contributed by atoms with Crippen LogP contribution in [0.15, 0.2) is 0 Å². The molecule has 0 aliphatic heterocycles. The summed E-state index contributed by atoms with van der Waals surface area (Å²) in [6.07, 6.45) is 14.6. The van der Waals surface area contributed by atoms with E-state index in [-0.39, 0.29) is 5.60 Å². The van der Waals surface area contributed by atoms with E-state index >= 15 is 0 Å². The summed E-state index contributed by atoms with van der Waals surface area (Å²) in [6, 6.07) is 0.493. The molecule has 0 aliphatic carbocycles. The van der Waals surface area contributed by atoms with Crippen molar-refractivity contribution in [1.29, 1.82) is 0 Å². The Morgan fingerprint density at radius 3 is 1.76 bits per heavy atom. The Balaban J connectivity index is 3.97. The molecule has 128 valence electrons. The molecule has 0 heterocycles. The minimum atomic E-state index is 0.0324. The lowest BCUT2D eigenvalue weighted by Gasteiger charge is -2.39. The third kappa shape index (κ3) is 8.21. The molecule has 0 bridgehead atoms. The number of rotatable bonds is 15. The zero-order chi connectivity index (χ0) is 16.0. The standard InChI is InChI=1S/C19H41NO/c1-6-10-11-12-13-14-15-16-17-18(20-5)19(7-2,8-3)21-9-4/h18,20H,6-17H2,1-5H3. The maximum atomic E-state index is 6.14. The van der Waals surface area contributed by atoms with Gasteiger partial charge in [0, 0.05) is 12.6 Å². The first-order chi connectivity index (χ1) is 10.2. The van der Waals surface area contributed by atoms with Gasteiger partial charge in [-0.15, -0.1) is 0 Å². The second-order valence-corrected chi connectivity index (χ2v) is 6.31. The Hall–Kier alpha value is -0.0800. The maximum absolute atomic E-state index is 6.14. The van der Waals surface area contributed by atoms with Gasteiger partial charge in [-0.1, -0.05) is 72.1 Å². The van der Waals surface area contributed by atoms with E-state index < -0.39 is 0 Å². The molecule has 1 unspecified atom stereocenters. The van der Waals surface area contributed by atoms with E-state index in [0.29, 0.717) is 6.04 Å². The Kier molecular flexibility index (Phi) is 13.5. The Morgan fingerprint density at radius 2 is 1.33 bits per heavy atom. The quantitative estimate of drug-likeness (QED) is 0.392. The van der Waals surface area contributed by atoms with Crippen LogP contribution in [0.2, 0.25) is 0 Å². The lowest BCUT2D eigenvalue weighted by Crippen LogP contribution is -2.50. The Bertz CT molecular complexity index is 214. The third-order valence-electron chi connectivity index (χ3n) is 4.96. The van der Waals surface area contributed by atoms with Gasteiger partial charge in [-0.2, -0.15) is 0 Å². The number of hydrogen-bond acceptors (Lipinski definition) is 2. The van der Waals surface area contributed by atoms with E-state index in [9.17, 15) is 0 Å². The van der Waals surface area contributed by atoms with Crippen LogP contribution in [-0.4, -0.2) is 25.3 Å². The number of hydrogen-bond donors (Lipinski definition) is 1. The zero-order valence-corrected chi connectivity index (χ0v) is 15.5. The molecule has 0 saturated carbocycles. The minimum Gasteiger partial charge on any atom is -0.374 e. The molecule has 0 aliphatic rings. The summed E-state index contributed by atoms with van der Waals surface area (Å²) in [7, 11) is 2.09. The summed E-state index contributed by atoms with van der Waals surface area (Å²) in [5.74, 6) is 0. The monoisotopic (exact) mass is 299 g/mol. The van der Waals surface area contributed by atoms with Gasteiger partial charge >= 0.3 is 0 Å². The van der Waals surface area contributed by atoms with Gasteiger partial charge in [0.2, 0.25) is 0 Å². The molecule has 0 rings (SSSR count). The van der Waals surface area contributed by atoms with Crippen molar-refractivity contribution in [1.82, 2.24) is 5.32 Å². The summed E-state index contributed by atoms with van der Waals surface area (Å²) in [5.41, 5.74) is 0.0324. The molecule has 21 heavy (non-hydrogen) atoms. The van der Waals surface area contributed by atoms with E-state index in [2.05, 4.69) is 40.1 Å². The normalized spacial score (nSPS) is 13.6. The van der Waals surface area contributed by atoms with Crippen molar-refractivity contribution in [3.63, 3.8) is 0 Å². The van der Waals surface area contributed by atoms with Gasteiger partial charge in [-0.3, -0.25) is 0 Å². The van der Waals surface area contributed by atoms with Crippen molar-refractivity contribution >= 4 is 0 Å². The third-order valence-corrected chi connectivity index (χ3v) is 4.96. The van der Waals surface area contributed by atoms with Crippen molar-refractivity contribution in [2.75, 3.05) is 13.7 Å². The van der Waals surface area contributed by atoms with Crippen LogP contribution in [0.25, 0.3) is 0 Å². The number of nitrogens with one attached hydrogen (secondary N) is 1. The predicted molar refractivity (Wildman–Crippen MR) is 95.0 cm³/mol. The molecule has 1 N–H and O–H groups in total. The molecule has 0 spiro atoms. The number of likely N-dealkylation sites (N-methyl/N-ethyl adjacent to an activating group) is 1. The average Bonchev–Trinajstić information content (AvgIpc) is 2.52. The highest BCUT2D eigenvalue weighted by molar-refractivity contribution is 4.90. The smallest absolute Gasteiger partial charge is 0.0829 e. The first-order valence-corrected chi connectivity index (χ1v) is 9.51. The van der Waals surface area contributed by atoms with Crippen LogP contribution in [0.3, 0.4) is 0 Å². The van der Waals surface area contributed by atoms with Crippen LogP contribution < -0.4 is 5.32 Å². The summed E-state index contributed by atoms with van der Waals surface area (Å²) in [6.45, 7) is 9.73. The molecule has 1 atom stereocenters. The topological polar surface area (TPSA) is 21.3 Å². The first-order valence-electron chi connectivity index (χ1n) is 9.51. The van der Waals surface area contributed by atoms with Crippen LogP contribution in [0.5, 0.6) is 0 Å². The lowest BCUT2D eigenvalue weighted by atomic mass is 9.85. The van der Waals surface area contributed by atoms with Gasteiger partial charge in [0.05, 0.1) is 5.60 Å². The van der Waals surface area contributed by atoms with E-state index in [1.807, 2.05) is 0 Å². The molecule has 0 aromatic rings. The molecule has 0 amide bonds. The summed E-state index contributed by atoms with van der Waals surface area (Å²) >= 11 is 0. The van der Waals surface area contributed by atoms with E-state index in [1.54, 1.807) is 0 Å². The van der Waals surface area contributed by atoms with E-state index in [4.69, 9.17) is 4.74 Å². The van der Waals surface area contributed by atoms with Gasteiger partial charge in [0.25, 0.3) is 0 Å². The van der Waals surface area contributed by atoms with Crippen molar-refractivity contribution < 1.29 is 4.74 Å². The molecule has 2 heteroatoms. The Labute approximate surface area is 134 Å². The summed E-state index contributed by atoms with van der Waals surface area (Å²) in [5, 5.41) is 3.52. The SMILES string of the molecule is CCCCCCCCCCC(NC)C(CC)(CC)OCC. The molecular weight excluding hydrogens is 258 g/mol. The molecule has 0 saturated heterocycles.